The van der Waals surface area contributed by atoms with Crippen molar-refractivity contribution in [3.8, 4) is 0 Å². The molecule has 1 heteroatoms. The first-order valence-electron chi connectivity index (χ1n) is 5.79. The first kappa shape index (κ1) is 11.5. The number of aryl methyl sites for hydroxylation is 1. The molecule has 0 bridgehead atoms. The molecule has 0 radical (unpaired) electrons. The molecule has 1 aromatic rings. The Morgan fingerprint density at radius 2 is 1.81 bits per heavy atom. The Balaban J connectivity index is 2.46. The van der Waals surface area contributed by atoms with Crippen molar-refractivity contribution >= 4 is 11.8 Å². The van der Waals surface area contributed by atoms with E-state index in [2.05, 4.69) is 63.3 Å². The number of benzene rings is 1. The molecule has 2 rings (SSSR count). The van der Waals surface area contributed by atoms with Crippen LogP contribution >= 0.6 is 11.8 Å². The van der Waals surface area contributed by atoms with Crippen LogP contribution in [0.25, 0.3) is 0 Å². The summed E-state index contributed by atoms with van der Waals surface area (Å²) in [6, 6.07) is 6.78. The summed E-state index contributed by atoms with van der Waals surface area (Å²) in [7, 11) is 0. The third kappa shape index (κ3) is 2.59. The predicted octanol–water partition coefficient (Wildman–Crippen LogP) is 4.71. The van der Waals surface area contributed by atoms with Gasteiger partial charge in [-0.3, -0.25) is 0 Å². The monoisotopic (exact) mass is 230 g/mol. The summed E-state index contributed by atoms with van der Waals surface area (Å²) in [5.74, 6) is 0.498. The summed E-state index contributed by atoms with van der Waals surface area (Å²) in [6.45, 7) is 6.67. The van der Waals surface area contributed by atoms with Crippen LogP contribution in [0.5, 0.6) is 0 Å². The maximum atomic E-state index is 2.31. The Labute approximate surface area is 102 Å². The van der Waals surface area contributed by atoms with Crippen LogP contribution in [-0.2, 0) is 0 Å². The topological polar surface area (TPSA) is 0 Å². The molecule has 16 heavy (non-hydrogen) atoms. The van der Waals surface area contributed by atoms with E-state index in [9.17, 15) is 0 Å². The first-order chi connectivity index (χ1) is 7.66. The van der Waals surface area contributed by atoms with Crippen LogP contribution in [0, 0.1) is 6.92 Å². The van der Waals surface area contributed by atoms with Gasteiger partial charge >= 0.3 is 0 Å². The van der Waals surface area contributed by atoms with E-state index in [1.54, 1.807) is 0 Å². The van der Waals surface area contributed by atoms with E-state index in [-0.39, 0.29) is 0 Å². The number of hydrogen-bond acceptors (Lipinski definition) is 1. The summed E-state index contributed by atoms with van der Waals surface area (Å²) in [6.07, 6.45) is 8.85. The largest absolute Gasteiger partial charge is 0.119 e. The van der Waals surface area contributed by atoms with Crippen molar-refractivity contribution in [3.63, 3.8) is 0 Å². The summed E-state index contributed by atoms with van der Waals surface area (Å²) < 4.78 is 0. The van der Waals surface area contributed by atoms with Gasteiger partial charge in [-0.2, -0.15) is 0 Å². The van der Waals surface area contributed by atoms with Gasteiger partial charge in [0.1, 0.15) is 0 Å². The van der Waals surface area contributed by atoms with Crippen LogP contribution < -0.4 is 0 Å². The van der Waals surface area contributed by atoms with Crippen LogP contribution in [0.2, 0.25) is 0 Å². The lowest BCUT2D eigenvalue weighted by atomic mass is 9.99. The number of hydrogen-bond donors (Lipinski definition) is 0. The predicted molar refractivity (Wildman–Crippen MR) is 73.2 cm³/mol. The van der Waals surface area contributed by atoms with E-state index in [0.29, 0.717) is 11.2 Å². The van der Waals surface area contributed by atoms with Crippen molar-refractivity contribution in [3.05, 3.63) is 53.6 Å². The highest BCUT2D eigenvalue weighted by molar-refractivity contribution is 8.00. The Hall–Kier alpha value is -0.950. The summed E-state index contributed by atoms with van der Waals surface area (Å²) in [4.78, 5) is 1.42. The first-order valence-corrected chi connectivity index (χ1v) is 6.67. The molecule has 0 saturated carbocycles. The molecule has 2 unspecified atom stereocenters. The molecule has 1 heterocycles. The zero-order valence-electron chi connectivity index (χ0n) is 10.1. The molecule has 84 valence electrons. The van der Waals surface area contributed by atoms with Gasteiger partial charge in [-0.05, 0) is 25.5 Å². The second kappa shape index (κ2) is 4.92. The van der Waals surface area contributed by atoms with Gasteiger partial charge in [0.15, 0.2) is 0 Å². The van der Waals surface area contributed by atoms with E-state index < -0.39 is 0 Å². The summed E-state index contributed by atoms with van der Waals surface area (Å²) >= 11 is 1.94. The van der Waals surface area contributed by atoms with E-state index in [1.807, 2.05) is 11.8 Å². The highest BCUT2D eigenvalue weighted by Gasteiger charge is 2.11. The van der Waals surface area contributed by atoms with E-state index in [4.69, 9.17) is 0 Å². The number of rotatable bonds is 0. The molecule has 1 aromatic carbocycles. The van der Waals surface area contributed by atoms with Crippen molar-refractivity contribution < 1.29 is 0 Å². The van der Waals surface area contributed by atoms with Crippen molar-refractivity contribution in [1.29, 1.82) is 0 Å². The Bertz CT molecular complexity index is 429. The zero-order valence-corrected chi connectivity index (χ0v) is 10.9. The molecular weight excluding hydrogens is 212 g/mol. The molecule has 1 aliphatic heterocycles. The molecule has 0 amide bonds. The standard InChI is InChI=1S/C15H18S/c1-11-8-9-15-14(10-11)12(2)6-4-5-7-13(3)16-15/h4-10,12-13H,1-3H3/b6-4-,7-5-. The Morgan fingerprint density at radius 3 is 2.62 bits per heavy atom. The molecule has 0 fully saturated rings. The van der Waals surface area contributed by atoms with Crippen LogP contribution in [0.4, 0.5) is 0 Å². The van der Waals surface area contributed by atoms with Crippen molar-refractivity contribution in [2.45, 2.75) is 36.8 Å². The minimum Gasteiger partial charge on any atom is -0.119 e. The second-order valence-electron chi connectivity index (χ2n) is 4.42. The fourth-order valence-corrected chi connectivity index (χ4v) is 3.02. The van der Waals surface area contributed by atoms with Crippen LogP contribution in [0.15, 0.2) is 47.4 Å². The normalized spacial score (nSPS) is 28.4. The lowest BCUT2D eigenvalue weighted by Gasteiger charge is -2.15. The maximum Gasteiger partial charge on any atom is 0.0249 e. The lowest BCUT2D eigenvalue weighted by Crippen LogP contribution is -1.96. The minimum atomic E-state index is 0.498. The van der Waals surface area contributed by atoms with Crippen molar-refractivity contribution in [1.82, 2.24) is 0 Å². The van der Waals surface area contributed by atoms with Gasteiger partial charge in [-0.15, -0.1) is 11.8 Å². The fraction of sp³-hybridized carbons (Fsp3) is 0.333. The van der Waals surface area contributed by atoms with E-state index in [0.717, 1.165) is 0 Å². The molecule has 0 spiro atoms. The quantitative estimate of drug-likeness (QED) is 0.622. The van der Waals surface area contributed by atoms with Gasteiger partial charge < -0.3 is 0 Å². The zero-order chi connectivity index (χ0) is 11.5. The molecule has 0 saturated heterocycles. The van der Waals surface area contributed by atoms with Crippen molar-refractivity contribution in [2.24, 2.45) is 0 Å². The van der Waals surface area contributed by atoms with Gasteiger partial charge in [0.05, 0.1) is 0 Å². The summed E-state index contributed by atoms with van der Waals surface area (Å²) in [5.41, 5.74) is 2.80. The molecule has 1 aliphatic rings. The average molecular weight is 230 g/mol. The van der Waals surface area contributed by atoms with Gasteiger partial charge in [0.25, 0.3) is 0 Å². The Kier molecular flexibility index (Phi) is 3.55. The van der Waals surface area contributed by atoms with E-state index >= 15 is 0 Å². The van der Waals surface area contributed by atoms with Gasteiger partial charge in [0, 0.05) is 16.1 Å². The molecule has 0 nitrogen and oxygen atoms in total. The number of thioether (sulfide) groups is 1. The van der Waals surface area contributed by atoms with Crippen LogP contribution in [0.3, 0.4) is 0 Å². The van der Waals surface area contributed by atoms with Crippen LogP contribution in [-0.4, -0.2) is 5.25 Å². The molecule has 0 aromatic heterocycles. The number of fused-ring (bicyclic) bond motifs is 1. The third-order valence-electron chi connectivity index (χ3n) is 2.86. The maximum absolute atomic E-state index is 2.31. The molecular formula is C15H18S. The molecule has 0 aliphatic carbocycles. The SMILES string of the molecule is Cc1ccc2c(c1)C(C)/C=C\C=C/C(C)S2. The van der Waals surface area contributed by atoms with Crippen LogP contribution in [0.1, 0.15) is 30.9 Å². The van der Waals surface area contributed by atoms with Gasteiger partial charge in [0.2, 0.25) is 0 Å². The van der Waals surface area contributed by atoms with Crippen molar-refractivity contribution in [2.75, 3.05) is 0 Å². The molecule has 0 N–H and O–H groups in total. The van der Waals surface area contributed by atoms with E-state index in [1.165, 1.54) is 16.0 Å². The third-order valence-corrected chi connectivity index (χ3v) is 4.02. The highest BCUT2D eigenvalue weighted by Crippen LogP contribution is 2.34. The smallest absolute Gasteiger partial charge is 0.0249 e. The average Bonchev–Trinajstić information content (AvgIpc) is 2.31. The summed E-state index contributed by atoms with van der Waals surface area (Å²) in [5, 5.41) is 0.538. The van der Waals surface area contributed by atoms with Gasteiger partial charge in [-0.25, -0.2) is 0 Å². The van der Waals surface area contributed by atoms with Gasteiger partial charge in [-0.1, -0.05) is 48.9 Å². The highest BCUT2D eigenvalue weighted by atomic mass is 32.2. The number of allylic oxidation sites excluding steroid dienone is 3. The Morgan fingerprint density at radius 1 is 1.06 bits per heavy atom. The second-order valence-corrected chi connectivity index (χ2v) is 5.84. The molecule has 2 atom stereocenters. The minimum absolute atomic E-state index is 0.498. The lowest BCUT2D eigenvalue weighted by molar-refractivity contribution is 0.930. The fourth-order valence-electron chi connectivity index (χ4n) is 1.93.